The second kappa shape index (κ2) is 9.83. The predicted octanol–water partition coefficient (Wildman–Crippen LogP) is 3.83. The van der Waals surface area contributed by atoms with Crippen molar-refractivity contribution in [3.63, 3.8) is 0 Å². The molecule has 0 atom stereocenters. The van der Waals surface area contributed by atoms with Crippen LogP contribution >= 0.6 is 0 Å². The Morgan fingerprint density at radius 3 is 2.25 bits per heavy atom. The molecule has 0 rings (SSSR count). The highest BCUT2D eigenvalue weighted by molar-refractivity contribution is 5.79. The number of carbonyl (C=O) groups is 1. The molecule has 16 heavy (non-hydrogen) atoms. The van der Waals surface area contributed by atoms with Gasteiger partial charge in [-0.15, -0.1) is 0 Å². The molecular formula is C14H28O2. The Balaban J connectivity index is 3.24. The van der Waals surface area contributed by atoms with Crippen LogP contribution in [0, 0.1) is 11.8 Å². The van der Waals surface area contributed by atoms with Gasteiger partial charge in [-0.3, -0.25) is 4.79 Å². The zero-order chi connectivity index (χ0) is 12.4. The first-order valence-corrected chi connectivity index (χ1v) is 6.61. The molecule has 96 valence electrons. The first kappa shape index (κ1) is 15.6. The van der Waals surface area contributed by atoms with Crippen molar-refractivity contribution in [3.05, 3.63) is 0 Å². The maximum atomic E-state index is 11.4. The molecule has 0 amide bonds. The quantitative estimate of drug-likeness (QED) is 0.531. The maximum Gasteiger partial charge on any atom is 0.158 e. The van der Waals surface area contributed by atoms with E-state index in [1.807, 2.05) is 0 Å². The Labute approximate surface area is 101 Å². The fraction of sp³-hybridized carbons (Fsp3) is 0.929. The van der Waals surface area contributed by atoms with E-state index in [9.17, 15) is 4.79 Å². The molecule has 0 aromatic heterocycles. The lowest BCUT2D eigenvalue weighted by atomic mass is 10.0. The van der Waals surface area contributed by atoms with Gasteiger partial charge in [-0.25, -0.2) is 0 Å². The molecule has 0 saturated heterocycles. The molecule has 0 unspecified atom stereocenters. The molecule has 0 radical (unpaired) electrons. The molecule has 0 aromatic carbocycles. The van der Waals surface area contributed by atoms with Crippen molar-refractivity contribution < 1.29 is 9.53 Å². The van der Waals surface area contributed by atoms with Crippen molar-refractivity contribution in [1.82, 2.24) is 0 Å². The van der Waals surface area contributed by atoms with Crippen molar-refractivity contribution >= 4 is 5.78 Å². The van der Waals surface area contributed by atoms with Crippen molar-refractivity contribution in [2.24, 2.45) is 11.8 Å². The number of hydrogen-bond acceptors (Lipinski definition) is 2. The van der Waals surface area contributed by atoms with Gasteiger partial charge in [-0.05, 0) is 18.3 Å². The SMILES string of the molecule is CC(C)CCCCCC(=O)COCC(C)C. The Kier molecular flexibility index (Phi) is 9.60. The third-order valence-electron chi connectivity index (χ3n) is 2.45. The van der Waals surface area contributed by atoms with Crippen molar-refractivity contribution in [2.45, 2.75) is 59.8 Å². The minimum Gasteiger partial charge on any atom is -0.373 e. The van der Waals surface area contributed by atoms with E-state index >= 15 is 0 Å². The lowest BCUT2D eigenvalue weighted by Crippen LogP contribution is -2.11. The summed E-state index contributed by atoms with van der Waals surface area (Å²) in [5.41, 5.74) is 0. The Hall–Kier alpha value is -0.370. The lowest BCUT2D eigenvalue weighted by Gasteiger charge is -2.06. The van der Waals surface area contributed by atoms with Crippen molar-refractivity contribution in [3.8, 4) is 0 Å². The topological polar surface area (TPSA) is 26.3 Å². The summed E-state index contributed by atoms with van der Waals surface area (Å²) < 4.78 is 5.30. The Morgan fingerprint density at radius 2 is 1.69 bits per heavy atom. The summed E-state index contributed by atoms with van der Waals surface area (Å²) in [7, 11) is 0. The molecule has 0 N–H and O–H groups in total. The zero-order valence-corrected chi connectivity index (χ0v) is 11.4. The third kappa shape index (κ3) is 11.7. The van der Waals surface area contributed by atoms with Gasteiger partial charge < -0.3 is 4.74 Å². The highest BCUT2D eigenvalue weighted by atomic mass is 16.5. The first-order chi connectivity index (χ1) is 7.52. The van der Waals surface area contributed by atoms with Crippen molar-refractivity contribution in [2.75, 3.05) is 13.2 Å². The molecule has 0 aliphatic heterocycles. The normalized spacial score (nSPS) is 11.4. The van der Waals surface area contributed by atoms with Gasteiger partial charge in [0.25, 0.3) is 0 Å². The monoisotopic (exact) mass is 228 g/mol. The van der Waals surface area contributed by atoms with Crippen LogP contribution in [-0.4, -0.2) is 19.0 Å². The van der Waals surface area contributed by atoms with E-state index < -0.39 is 0 Å². The number of unbranched alkanes of at least 4 members (excludes halogenated alkanes) is 2. The average Bonchev–Trinajstić information content (AvgIpc) is 2.16. The average molecular weight is 228 g/mol. The summed E-state index contributed by atoms with van der Waals surface area (Å²) in [6.07, 6.45) is 5.41. The fourth-order valence-electron chi connectivity index (χ4n) is 1.53. The van der Waals surface area contributed by atoms with E-state index in [1.165, 1.54) is 19.3 Å². The highest BCUT2D eigenvalue weighted by Gasteiger charge is 2.03. The summed E-state index contributed by atoms with van der Waals surface area (Å²) in [4.78, 5) is 11.4. The second-order valence-electron chi connectivity index (χ2n) is 5.44. The third-order valence-corrected chi connectivity index (χ3v) is 2.45. The van der Waals surface area contributed by atoms with E-state index in [1.54, 1.807) is 0 Å². The summed E-state index contributed by atoms with van der Waals surface area (Å²) in [5, 5.41) is 0. The van der Waals surface area contributed by atoms with Crippen LogP contribution in [0.15, 0.2) is 0 Å². The summed E-state index contributed by atoms with van der Waals surface area (Å²) >= 11 is 0. The zero-order valence-electron chi connectivity index (χ0n) is 11.4. The largest absolute Gasteiger partial charge is 0.373 e. The molecule has 2 nitrogen and oxygen atoms in total. The highest BCUT2D eigenvalue weighted by Crippen LogP contribution is 2.09. The van der Waals surface area contributed by atoms with Crippen molar-refractivity contribution in [1.29, 1.82) is 0 Å². The van der Waals surface area contributed by atoms with E-state index in [0.29, 0.717) is 25.6 Å². The fourth-order valence-corrected chi connectivity index (χ4v) is 1.53. The second-order valence-corrected chi connectivity index (χ2v) is 5.44. The van der Waals surface area contributed by atoms with Crippen LogP contribution in [0.3, 0.4) is 0 Å². The van der Waals surface area contributed by atoms with Gasteiger partial charge in [-0.2, -0.15) is 0 Å². The molecule has 0 aliphatic rings. The van der Waals surface area contributed by atoms with Crippen LogP contribution in [0.5, 0.6) is 0 Å². The summed E-state index contributed by atoms with van der Waals surface area (Å²) in [6.45, 7) is 9.67. The van der Waals surface area contributed by atoms with Gasteiger partial charge in [0.05, 0.1) is 0 Å². The van der Waals surface area contributed by atoms with Crippen LogP contribution in [0.1, 0.15) is 59.8 Å². The number of hydrogen-bond donors (Lipinski definition) is 0. The summed E-state index contributed by atoms with van der Waals surface area (Å²) in [5.74, 6) is 1.55. The Bertz CT molecular complexity index is 174. The van der Waals surface area contributed by atoms with Gasteiger partial charge in [0, 0.05) is 13.0 Å². The molecular weight excluding hydrogens is 200 g/mol. The standard InChI is InChI=1S/C14H28O2/c1-12(2)8-6-5-7-9-14(15)11-16-10-13(3)4/h12-13H,5-11H2,1-4H3. The van der Waals surface area contributed by atoms with Crippen LogP contribution in [0.2, 0.25) is 0 Å². The van der Waals surface area contributed by atoms with E-state index in [0.717, 1.165) is 12.3 Å². The van der Waals surface area contributed by atoms with E-state index in [2.05, 4.69) is 27.7 Å². The molecule has 0 aromatic rings. The molecule has 2 heteroatoms. The number of Topliss-reactive ketones (excluding diaryl/α,β-unsaturated/α-hetero) is 1. The number of carbonyl (C=O) groups excluding carboxylic acids is 1. The lowest BCUT2D eigenvalue weighted by molar-refractivity contribution is -0.124. The van der Waals surface area contributed by atoms with Crippen LogP contribution in [0.4, 0.5) is 0 Å². The maximum absolute atomic E-state index is 11.4. The van der Waals surface area contributed by atoms with Crippen LogP contribution < -0.4 is 0 Å². The smallest absolute Gasteiger partial charge is 0.158 e. The molecule has 0 saturated carbocycles. The van der Waals surface area contributed by atoms with E-state index in [-0.39, 0.29) is 5.78 Å². The molecule has 0 aliphatic carbocycles. The first-order valence-electron chi connectivity index (χ1n) is 6.61. The molecule has 0 heterocycles. The molecule has 0 bridgehead atoms. The van der Waals surface area contributed by atoms with Gasteiger partial charge >= 0.3 is 0 Å². The van der Waals surface area contributed by atoms with Crippen LogP contribution in [0.25, 0.3) is 0 Å². The number of rotatable bonds is 10. The minimum atomic E-state index is 0.255. The van der Waals surface area contributed by atoms with E-state index in [4.69, 9.17) is 4.74 Å². The summed E-state index contributed by atoms with van der Waals surface area (Å²) in [6, 6.07) is 0. The Morgan fingerprint density at radius 1 is 1.00 bits per heavy atom. The minimum absolute atomic E-state index is 0.255. The molecule has 0 spiro atoms. The number of ketones is 1. The number of ether oxygens (including phenoxy) is 1. The predicted molar refractivity (Wildman–Crippen MR) is 68.6 cm³/mol. The van der Waals surface area contributed by atoms with Gasteiger partial charge in [-0.1, -0.05) is 47.0 Å². The van der Waals surface area contributed by atoms with Gasteiger partial charge in [0.15, 0.2) is 5.78 Å². The van der Waals surface area contributed by atoms with Gasteiger partial charge in [0.2, 0.25) is 0 Å². The van der Waals surface area contributed by atoms with Gasteiger partial charge in [0.1, 0.15) is 6.61 Å². The molecule has 0 fully saturated rings. The van der Waals surface area contributed by atoms with Crippen LogP contribution in [-0.2, 0) is 9.53 Å².